The second-order valence-electron chi connectivity index (χ2n) is 6.38. The van der Waals surface area contributed by atoms with E-state index >= 15 is 0 Å². The fourth-order valence-corrected chi connectivity index (χ4v) is 3.65. The number of rotatable bonds is 5. The predicted octanol–water partition coefficient (Wildman–Crippen LogP) is 4.16. The van der Waals surface area contributed by atoms with Gasteiger partial charge in [-0.3, -0.25) is 0 Å². The van der Waals surface area contributed by atoms with Crippen LogP contribution in [0.3, 0.4) is 0 Å². The zero-order valence-corrected chi connectivity index (χ0v) is 14.2. The summed E-state index contributed by atoms with van der Waals surface area (Å²) in [5.41, 5.74) is 2.92. The van der Waals surface area contributed by atoms with E-state index in [1.54, 1.807) is 0 Å². The Labute approximate surface area is 144 Å². The molecule has 1 fully saturated rings. The molecule has 1 aliphatic rings. The lowest BCUT2D eigenvalue weighted by atomic mass is 9.79. The minimum absolute atomic E-state index is 0.236. The van der Waals surface area contributed by atoms with Crippen molar-refractivity contribution < 1.29 is 0 Å². The lowest BCUT2D eigenvalue weighted by molar-refractivity contribution is 0.433. The second-order valence-corrected chi connectivity index (χ2v) is 6.78. The molecule has 0 aromatic heterocycles. The molecular weight excluding hydrogens is 300 g/mol. The van der Waals surface area contributed by atoms with E-state index in [1.807, 2.05) is 6.07 Å². The van der Waals surface area contributed by atoms with E-state index in [2.05, 4.69) is 65.2 Å². The SMILES string of the molecule is S=C(NCc1ccccc1)NCC1(c2ccccc2)CCCC1. The molecule has 1 aliphatic carbocycles. The van der Waals surface area contributed by atoms with E-state index in [9.17, 15) is 0 Å². The molecule has 0 bridgehead atoms. The number of nitrogens with one attached hydrogen (secondary N) is 2. The van der Waals surface area contributed by atoms with Gasteiger partial charge < -0.3 is 10.6 Å². The Balaban J connectivity index is 1.56. The quantitative estimate of drug-likeness (QED) is 0.808. The first-order chi connectivity index (χ1) is 11.3. The van der Waals surface area contributed by atoms with E-state index in [-0.39, 0.29) is 5.41 Å². The summed E-state index contributed by atoms with van der Waals surface area (Å²) in [6.45, 7) is 1.68. The van der Waals surface area contributed by atoms with E-state index in [1.165, 1.54) is 36.8 Å². The van der Waals surface area contributed by atoms with Gasteiger partial charge in [-0.1, -0.05) is 73.5 Å². The monoisotopic (exact) mass is 324 g/mol. The smallest absolute Gasteiger partial charge is 0.166 e. The zero-order chi connectivity index (χ0) is 16.0. The van der Waals surface area contributed by atoms with Crippen molar-refractivity contribution in [3.63, 3.8) is 0 Å². The number of hydrogen-bond acceptors (Lipinski definition) is 1. The van der Waals surface area contributed by atoms with Crippen LogP contribution in [-0.4, -0.2) is 11.7 Å². The predicted molar refractivity (Wildman–Crippen MR) is 100 cm³/mol. The lowest BCUT2D eigenvalue weighted by Gasteiger charge is -2.30. The molecule has 0 spiro atoms. The van der Waals surface area contributed by atoms with Crippen LogP contribution in [0.2, 0.25) is 0 Å². The molecule has 23 heavy (non-hydrogen) atoms. The third-order valence-electron chi connectivity index (χ3n) is 4.83. The van der Waals surface area contributed by atoms with Crippen molar-refractivity contribution in [1.29, 1.82) is 0 Å². The molecule has 3 heteroatoms. The molecule has 120 valence electrons. The van der Waals surface area contributed by atoms with Crippen LogP contribution in [0.25, 0.3) is 0 Å². The van der Waals surface area contributed by atoms with Crippen molar-refractivity contribution in [3.8, 4) is 0 Å². The van der Waals surface area contributed by atoms with Crippen LogP contribution in [0.15, 0.2) is 60.7 Å². The largest absolute Gasteiger partial charge is 0.362 e. The van der Waals surface area contributed by atoms with Crippen molar-refractivity contribution in [2.45, 2.75) is 37.6 Å². The van der Waals surface area contributed by atoms with Crippen molar-refractivity contribution in [2.75, 3.05) is 6.54 Å². The second kappa shape index (κ2) is 7.60. The van der Waals surface area contributed by atoms with Gasteiger partial charge in [-0.05, 0) is 36.2 Å². The van der Waals surface area contributed by atoms with Gasteiger partial charge >= 0.3 is 0 Å². The Hall–Kier alpha value is -1.87. The van der Waals surface area contributed by atoms with Crippen LogP contribution >= 0.6 is 12.2 Å². The Morgan fingerprint density at radius 1 is 0.870 bits per heavy atom. The summed E-state index contributed by atoms with van der Waals surface area (Å²) in [6.07, 6.45) is 5.10. The first-order valence-corrected chi connectivity index (χ1v) is 8.81. The van der Waals surface area contributed by atoms with Crippen LogP contribution in [0.4, 0.5) is 0 Å². The highest BCUT2D eigenvalue weighted by Crippen LogP contribution is 2.40. The first-order valence-electron chi connectivity index (χ1n) is 8.40. The Bertz CT molecular complexity index is 619. The van der Waals surface area contributed by atoms with Gasteiger partial charge in [0.05, 0.1) is 0 Å². The van der Waals surface area contributed by atoms with E-state index in [4.69, 9.17) is 12.2 Å². The maximum atomic E-state index is 5.47. The lowest BCUT2D eigenvalue weighted by Crippen LogP contribution is -2.43. The standard InChI is InChI=1S/C20H24N2S/c23-19(21-15-17-9-3-1-4-10-17)22-16-20(13-7-8-14-20)18-11-5-2-6-12-18/h1-6,9-12H,7-8,13-16H2,(H2,21,22,23). The summed E-state index contributed by atoms with van der Waals surface area (Å²) >= 11 is 5.47. The minimum atomic E-state index is 0.236. The first kappa shape index (κ1) is 16.0. The molecule has 0 saturated heterocycles. The third-order valence-corrected chi connectivity index (χ3v) is 5.12. The van der Waals surface area contributed by atoms with Gasteiger partial charge in [0, 0.05) is 18.5 Å². The van der Waals surface area contributed by atoms with Crippen LogP contribution < -0.4 is 10.6 Å². The van der Waals surface area contributed by atoms with Gasteiger partial charge in [-0.15, -0.1) is 0 Å². The van der Waals surface area contributed by atoms with Crippen LogP contribution in [0.5, 0.6) is 0 Å². The van der Waals surface area contributed by atoms with Crippen molar-refractivity contribution in [1.82, 2.24) is 10.6 Å². The zero-order valence-electron chi connectivity index (χ0n) is 13.4. The van der Waals surface area contributed by atoms with Crippen molar-refractivity contribution in [2.24, 2.45) is 0 Å². The summed E-state index contributed by atoms with van der Waals surface area (Å²) in [5, 5.41) is 7.51. The van der Waals surface area contributed by atoms with E-state index < -0.39 is 0 Å². The summed E-state index contributed by atoms with van der Waals surface area (Å²) in [6, 6.07) is 21.2. The Morgan fingerprint density at radius 3 is 2.13 bits per heavy atom. The summed E-state index contributed by atoms with van der Waals surface area (Å²) in [4.78, 5) is 0. The maximum Gasteiger partial charge on any atom is 0.166 e. The molecule has 1 saturated carbocycles. The fourth-order valence-electron chi connectivity index (χ4n) is 3.50. The molecule has 2 aromatic carbocycles. The molecule has 0 radical (unpaired) electrons. The molecular formula is C20H24N2S. The highest BCUT2D eigenvalue weighted by Gasteiger charge is 2.35. The van der Waals surface area contributed by atoms with E-state index in [0.717, 1.165) is 18.2 Å². The minimum Gasteiger partial charge on any atom is -0.362 e. The average molecular weight is 324 g/mol. The number of thiocarbonyl (C=S) groups is 1. The van der Waals surface area contributed by atoms with Gasteiger partial charge in [-0.25, -0.2) is 0 Å². The topological polar surface area (TPSA) is 24.1 Å². The maximum absolute atomic E-state index is 5.47. The van der Waals surface area contributed by atoms with Gasteiger partial charge in [0.2, 0.25) is 0 Å². The summed E-state index contributed by atoms with van der Waals surface area (Å²) < 4.78 is 0. The molecule has 0 amide bonds. The number of benzene rings is 2. The van der Waals surface area contributed by atoms with Crippen molar-refractivity contribution in [3.05, 3.63) is 71.8 Å². The van der Waals surface area contributed by atoms with Crippen LogP contribution in [0.1, 0.15) is 36.8 Å². The summed E-state index contributed by atoms with van der Waals surface area (Å²) in [5.74, 6) is 0. The molecule has 3 rings (SSSR count). The summed E-state index contributed by atoms with van der Waals surface area (Å²) in [7, 11) is 0. The molecule has 0 heterocycles. The molecule has 0 aliphatic heterocycles. The van der Waals surface area contributed by atoms with E-state index in [0.29, 0.717) is 0 Å². The van der Waals surface area contributed by atoms with Gasteiger partial charge in [-0.2, -0.15) is 0 Å². The fraction of sp³-hybridized carbons (Fsp3) is 0.350. The molecule has 0 unspecified atom stereocenters. The average Bonchev–Trinajstić information content (AvgIpc) is 3.10. The number of hydrogen-bond donors (Lipinski definition) is 2. The van der Waals surface area contributed by atoms with Crippen molar-refractivity contribution >= 4 is 17.3 Å². The Morgan fingerprint density at radius 2 is 1.48 bits per heavy atom. The molecule has 2 nitrogen and oxygen atoms in total. The third kappa shape index (κ3) is 4.11. The van der Waals surface area contributed by atoms with Gasteiger partial charge in [0.25, 0.3) is 0 Å². The van der Waals surface area contributed by atoms with Crippen LogP contribution in [-0.2, 0) is 12.0 Å². The normalized spacial score (nSPS) is 16.0. The van der Waals surface area contributed by atoms with Gasteiger partial charge in [0.1, 0.15) is 0 Å². The highest BCUT2D eigenvalue weighted by atomic mass is 32.1. The highest BCUT2D eigenvalue weighted by molar-refractivity contribution is 7.80. The molecule has 2 N–H and O–H groups in total. The molecule has 2 aromatic rings. The van der Waals surface area contributed by atoms with Crippen LogP contribution in [0, 0.1) is 0 Å². The Kier molecular flexibility index (Phi) is 5.29. The van der Waals surface area contributed by atoms with Gasteiger partial charge in [0.15, 0.2) is 5.11 Å². The molecule has 0 atom stereocenters.